The van der Waals surface area contributed by atoms with Gasteiger partial charge < -0.3 is 5.11 Å². The molecule has 3 aromatic rings. The summed E-state index contributed by atoms with van der Waals surface area (Å²) >= 11 is 2.95. The van der Waals surface area contributed by atoms with E-state index >= 15 is 0 Å². The molecule has 0 unspecified atom stereocenters. The Morgan fingerprint density at radius 2 is 1.65 bits per heavy atom. The SMILES string of the molecule is [B]c1cc2c(CCCCCC)c(C(=O)O)c3cc([B])sc3c2s1. The number of carboxylic acid groups (broad SMARTS) is 1. The first kappa shape index (κ1) is 16.6. The number of aryl methyl sites for hydroxylation is 1. The van der Waals surface area contributed by atoms with Gasteiger partial charge in [0.25, 0.3) is 0 Å². The maximum absolute atomic E-state index is 11.9. The fraction of sp³-hybridized carbons (Fsp3) is 0.353. The van der Waals surface area contributed by atoms with Crippen molar-refractivity contribution in [1.82, 2.24) is 0 Å². The van der Waals surface area contributed by atoms with E-state index in [9.17, 15) is 9.90 Å². The van der Waals surface area contributed by atoms with Crippen molar-refractivity contribution >= 4 is 74.1 Å². The monoisotopic (exact) mass is 338 g/mol. The van der Waals surface area contributed by atoms with E-state index < -0.39 is 5.97 Å². The maximum Gasteiger partial charge on any atom is 0.336 e. The summed E-state index contributed by atoms with van der Waals surface area (Å²) < 4.78 is 3.35. The van der Waals surface area contributed by atoms with Gasteiger partial charge in [-0.1, -0.05) is 38.3 Å². The summed E-state index contributed by atoms with van der Waals surface area (Å²) in [5.74, 6) is -0.884. The van der Waals surface area contributed by atoms with E-state index in [1.165, 1.54) is 29.1 Å². The number of rotatable bonds is 6. The van der Waals surface area contributed by atoms with Gasteiger partial charge in [0.15, 0.2) is 0 Å². The van der Waals surface area contributed by atoms with Crippen molar-refractivity contribution < 1.29 is 9.90 Å². The van der Waals surface area contributed by atoms with Gasteiger partial charge in [0.1, 0.15) is 15.7 Å². The zero-order valence-electron chi connectivity index (χ0n) is 13.0. The van der Waals surface area contributed by atoms with Crippen molar-refractivity contribution in [2.24, 2.45) is 0 Å². The van der Waals surface area contributed by atoms with Gasteiger partial charge >= 0.3 is 5.97 Å². The normalized spacial score (nSPS) is 11.5. The minimum atomic E-state index is -0.884. The second-order valence-electron chi connectivity index (χ2n) is 5.75. The van der Waals surface area contributed by atoms with Gasteiger partial charge in [-0.15, -0.1) is 0 Å². The van der Waals surface area contributed by atoms with Crippen LogP contribution in [0.5, 0.6) is 0 Å². The lowest BCUT2D eigenvalue weighted by Gasteiger charge is -2.10. The first-order valence-electron chi connectivity index (χ1n) is 7.79. The van der Waals surface area contributed by atoms with Crippen LogP contribution in [-0.2, 0) is 6.42 Å². The van der Waals surface area contributed by atoms with E-state index in [0.717, 1.165) is 51.4 Å². The lowest BCUT2D eigenvalue weighted by Crippen LogP contribution is -2.04. The standard InChI is InChI=1S/C17H16B2O2S2/c1-2-3-4-5-6-9-10-7-12(18)22-15(10)16-11(8-13(19)23-16)14(9)17(20)21/h7-8H,2-6H2,1H3,(H,20,21). The van der Waals surface area contributed by atoms with Crippen molar-refractivity contribution in [2.75, 3.05) is 0 Å². The van der Waals surface area contributed by atoms with Crippen LogP contribution in [0.2, 0.25) is 0 Å². The van der Waals surface area contributed by atoms with Gasteiger partial charge in [-0.25, -0.2) is 4.79 Å². The van der Waals surface area contributed by atoms with Crippen LogP contribution < -0.4 is 9.55 Å². The number of aromatic carboxylic acids is 1. The van der Waals surface area contributed by atoms with E-state index in [-0.39, 0.29) is 0 Å². The molecule has 3 rings (SSSR count). The predicted molar refractivity (Wildman–Crippen MR) is 103 cm³/mol. The molecule has 0 saturated carbocycles. The van der Waals surface area contributed by atoms with Gasteiger partial charge in [0, 0.05) is 5.39 Å². The van der Waals surface area contributed by atoms with Crippen molar-refractivity contribution in [3.05, 3.63) is 23.3 Å². The highest BCUT2D eigenvalue weighted by atomic mass is 32.1. The summed E-state index contributed by atoms with van der Waals surface area (Å²) in [7, 11) is 12.0. The summed E-state index contributed by atoms with van der Waals surface area (Å²) in [6, 6.07) is 3.70. The molecule has 1 aromatic carbocycles. The average molecular weight is 338 g/mol. The largest absolute Gasteiger partial charge is 0.478 e. The maximum atomic E-state index is 11.9. The van der Waals surface area contributed by atoms with Crippen LogP contribution in [-0.4, -0.2) is 26.8 Å². The Labute approximate surface area is 146 Å². The molecule has 6 heteroatoms. The Bertz CT molecular complexity index is 880. The van der Waals surface area contributed by atoms with Crippen LogP contribution >= 0.6 is 22.7 Å². The van der Waals surface area contributed by atoms with Crippen LogP contribution in [0.1, 0.15) is 48.5 Å². The molecule has 2 heterocycles. The van der Waals surface area contributed by atoms with Gasteiger partial charge in [0.2, 0.25) is 0 Å². The minimum Gasteiger partial charge on any atom is -0.478 e. The zero-order valence-corrected chi connectivity index (χ0v) is 14.6. The molecule has 0 aliphatic rings. The lowest BCUT2D eigenvalue weighted by molar-refractivity contribution is 0.0698. The fourth-order valence-electron chi connectivity index (χ4n) is 3.10. The number of unbranched alkanes of at least 4 members (excludes halogenated alkanes) is 3. The third kappa shape index (κ3) is 3.07. The number of thiophene rings is 2. The van der Waals surface area contributed by atoms with Gasteiger partial charge in [0.05, 0.1) is 15.0 Å². The van der Waals surface area contributed by atoms with Crippen molar-refractivity contribution in [3.63, 3.8) is 0 Å². The number of hydrogen-bond acceptors (Lipinski definition) is 3. The predicted octanol–water partition coefficient (Wildman–Crippen LogP) is 3.52. The second kappa shape index (κ2) is 6.70. The number of benzene rings is 1. The molecule has 0 spiro atoms. The quantitative estimate of drug-likeness (QED) is 0.552. The molecule has 2 nitrogen and oxygen atoms in total. The van der Waals surface area contributed by atoms with Gasteiger partial charge in [-0.05, 0) is 33.3 Å². The van der Waals surface area contributed by atoms with Crippen LogP contribution in [0.3, 0.4) is 0 Å². The molecule has 4 radical (unpaired) electrons. The topological polar surface area (TPSA) is 37.3 Å². The molecular weight excluding hydrogens is 322 g/mol. The number of carbonyl (C=O) groups is 1. The first-order valence-corrected chi connectivity index (χ1v) is 9.42. The molecule has 0 aliphatic carbocycles. The molecule has 23 heavy (non-hydrogen) atoms. The van der Waals surface area contributed by atoms with E-state index in [1.807, 2.05) is 6.07 Å². The number of carboxylic acids is 1. The molecule has 0 amide bonds. The molecule has 0 fully saturated rings. The molecule has 0 aliphatic heterocycles. The van der Waals surface area contributed by atoms with E-state index in [1.54, 1.807) is 6.07 Å². The smallest absolute Gasteiger partial charge is 0.336 e. The van der Waals surface area contributed by atoms with Gasteiger partial charge in [-0.3, -0.25) is 0 Å². The Kier molecular flexibility index (Phi) is 4.83. The van der Waals surface area contributed by atoms with Crippen molar-refractivity contribution in [1.29, 1.82) is 0 Å². The summed E-state index contributed by atoms with van der Waals surface area (Å²) in [4.78, 5) is 11.9. The molecule has 0 saturated heterocycles. The Morgan fingerprint density at radius 3 is 2.26 bits per heavy atom. The summed E-state index contributed by atoms with van der Waals surface area (Å²) in [5.41, 5.74) is 1.30. The second-order valence-corrected chi connectivity index (χ2v) is 7.92. The van der Waals surface area contributed by atoms with Crippen LogP contribution in [0.15, 0.2) is 12.1 Å². The summed E-state index contributed by atoms with van der Waals surface area (Å²) in [6.45, 7) is 2.17. The highest BCUT2D eigenvalue weighted by Crippen LogP contribution is 2.38. The Morgan fingerprint density at radius 1 is 1.04 bits per heavy atom. The molecule has 2 aromatic heterocycles. The van der Waals surface area contributed by atoms with Crippen molar-refractivity contribution in [2.45, 2.75) is 39.0 Å². The highest BCUT2D eigenvalue weighted by Gasteiger charge is 2.21. The highest BCUT2D eigenvalue weighted by molar-refractivity contribution is 7.33. The molecule has 114 valence electrons. The molecule has 0 atom stereocenters. The van der Waals surface area contributed by atoms with E-state index in [2.05, 4.69) is 6.92 Å². The lowest BCUT2D eigenvalue weighted by atomic mass is 9.93. The Balaban J connectivity index is 2.23. The van der Waals surface area contributed by atoms with E-state index in [0.29, 0.717) is 15.1 Å². The minimum absolute atomic E-state index is 0.398. The molecule has 1 N–H and O–H groups in total. The number of fused-ring (bicyclic) bond motifs is 3. The first-order chi connectivity index (χ1) is 11.0. The number of hydrogen-bond donors (Lipinski definition) is 1. The zero-order chi connectivity index (χ0) is 16.6. The van der Waals surface area contributed by atoms with Crippen LogP contribution in [0.4, 0.5) is 0 Å². The Hall–Kier alpha value is -1.26. The third-order valence-electron chi connectivity index (χ3n) is 4.10. The van der Waals surface area contributed by atoms with Crippen LogP contribution in [0, 0.1) is 0 Å². The third-order valence-corrected chi connectivity index (χ3v) is 6.19. The average Bonchev–Trinajstić information content (AvgIpc) is 3.04. The fourth-order valence-corrected chi connectivity index (χ4v) is 5.14. The summed E-state index contributed by atoms with van der Waals surface area (Å²) in [5, 5.41) is 11.5. The summed E-state index contributed by atoms with van der Waals surface area (Å²) in [6.07, 6.45) is 5.20. The van der Waals surface area contributed by atoms with Crippen molar-refractivity contribution in [3.8, 4) is 0 Å². The van der Waals surface area contributed by atoms with Gasteiger partial charge in [-0.2, -0.15) is 22.7 Å². The van der Waals surface area contributed by atoms with Crippen LogP contribution in [0.25, 0.3) is 20.2 Å². The molecular formula is C17H16B2O2S2. The molecule has 0 bridgehead atoms. The van der Waals surface area contributed by atoms with E-state index in [4.69, 9.17) is 15.7 Å².